The fraction of sp³-hybridized carbons (Fsp3) is 0.150. The number of aromatic nitrogens is 2. The summed E-state index contributed by atoms with van der Waals surface area (Å²) in [7, 11) is 0. The number of nitrogens with one attached hydrogen (secondary N) is 2. The second kappa shape index (κ2) is 7.97. The number of amides is 1. The zero-order chi connectivity index (χ0) is 18.5. The highest BCUT2D eigenvalue weighted by Crippen LogP contribution is 2.20. The van der Waals surface area contributed by atoms with Gasteiger partial charge in [0.1, 0.15) is 11.5 Å². The summed E-state index contributed by atoms with van der Waals surface area (Å²) in [4.78, 5) is 20.9. The molecule has 0 bridgehead atoms. The van der Waals surface area contributed by atoms with E-state index in [0.717, 1.165) is 22.4 Å². The Morgan fingerprint density at radius 3 is 2.31 bits per heavy atom. The molecule has 26 heavy (non-hydrogen) atoms. The molecule has 132 valence electrons. The lowest BCUT2D eigenvalue weighted by molar-refractivity contribution is 0.102. The third-order valence-corrected chi connectivity index (χ3v) is 4.24. The molecule has 5 nitrogen and oxygen atoms in total. The highest BCUT2D eigenvalue weighted by atomic mass is 35.5. The molecule has 0 saturated heterocycles. The maximum Gasteiger partial charge on any atom is 0.275 e. The maximum absolute atomic E-state index is 12.4. The average molecular weight is 367 g/mol. The quantitative estimate of drug-likeness (QED) is 0.691. The lowest BCUT2D eigenvalue weighted by Crippen LogP contribution is -2.16. The molecule has 1 aromatic heterocycles. The summed E-state index contributed by atoms with van der Waals surface area (Å²) in [5, 5.41) is 6.77. The number of carbonyl (C=O) groups is 1. The first-order valence-corrected chi connectivity index (χ1v) is 8.58. The Hall–Kier alpha value is -2.92. The molecule has 0 aliphatic carbocycles. The molecule has 6 heteroatoms. The average Bonchev–Trinajstić information content (AvgIpc) is 2.65. The zero-order valence-corrected chi connectivity index (χ0v) is 15.3. The fourth-order valence-electron chi connectivity index (χ4n) is 2.52. The van der Waals surface area contributed by atoms with Crippen molar-refractivity contribution in [3.63, 3.8) is 0 Å². The molecule has 1 heterocycles. The van der Waals surface area contributed by atoms with Crippen LogP contribution in [-0.2, 0) is 6.54 Å². The number of rotatable bonds is 5. The van der Waals surface area contributed by atoms with Gasteiger partial charge >= 0.3 is 0 Å². The minimum Gasteiger partial charge on any atom is -0.365 e. The normalized spacial score (nSPS) is 10.4. The lowest BCUT2D eigenvalue weighted by atomic mass is 10.1. The number of nitrogens with zero attached hydrogens (tertiary/aromatic N) is 2. The van der Waals surface area contributed by atoms with Gasteiger partial charge in [0.25, 0.3) is 5.91 Å². The summed E-state index contributed by atoms with van der Waals surface area (Å²) in [6.07, 6.45) is 3.02. The molecule has 0 radical (unpaired) electrons. The Bertz CT molecular complexity index is 888. The van der Waals surface area contributed by atoms with E-state index in [4.69, 9.17) is 11.6 Å². The number of hydrogen-bond donors (Lipinski definition) is 2. The van der Waals surface area contributed by atoms with E-state index in [1.807, 2.05) is 56.3 Å². The highest BCUT2D eigenvalue weighted by Gasteiger charge is 2.11. The van der Waals surface area contributed by atoms with Gasteiger partial charge in [-0.3, -0.25) is 4.79 Å². The maximum atomic E-state index is 12.4. The van der Waals surface area contributed by atoms with Gasteiger partial charge in [-0.05, 0) is 42.7 Å². The molecule has 3 rings (SSSR count). The Morgan fingerprint density at radius 2 is 1.69 bits per heavy atom. The molecule has 2 N–H and O–H groups in total. The molecule has 0 aliphatic rings. The summed E-state index contributed by atoms with van der Waals surface area (Å²) in [5.41, 5.74) is 4.17. The van der Waals surface area contributed by atoms with E-state index in [-0.39, 0.29) is 11.6 Å². The van der Waals surface area contributed by atoms with Crippen molar-refractivity contribution >= 4 is 29.0 Å². The SMILES string of the molecule is Cc1cccc(C)c1NC(=O)c1cnc(NCc2ccc(Cl)cc2)cn1. The van der Waals surface area contributed by atoms with Gasteiger partial charge < -0.3 is 10.6 Å². The standard InChI is InChI=1S/C20H19ClN4O/c1-13-4-3-5-14(2)19(13)25-20(26)17-11-24-18(12-22-17)23-10-15-6-8-16(21)9-7-15/h3-9,11-12H,10H2,1-2H3,(H,23,24)(H,25,26). The van der Waals surface area contributed by atoms with Gasteiger partial charge in [-0.1, -0.05) is 41.9 Å². The molecule has 0 fully saturated rings. The number of aryl methyl sites for hydroxylation is 2. The van der Waals surface area contributed by atoms with Crippen LogP contribution in [0, 0.1) is 13.8 Å². The first-order valence-electron chi connectivity index (χ1n) is 8.21. The Kier molecular flexibility index (Phi) is 5.49. The van der Waals surface area contributed by atoms with E-state index in [0.29, 0.717) is 17.4 Å². The van der Waals surface area contributed by atoms with Crippen molar-refractivity contribution < 1.29 is 4.79 Å². The van der Waals surface area contributed by atoms with E-state index in [2.05, 4.69) is 20.6 Å². The van der Waals surface area contributed by atoms with E-state index in [9.17, 15) is 4.79 Å². The number of benzene rings is 2. The smallest absolute Gasteiger partial charge is 0.275 e. The summed E-state index contributed by atoms with van der Waals surface area (Å²) < 4.78 is 0. The van der Waals surface area contributed by atoms with Crippen LogP contribution in [-0.4, -0.2) is 15.9 Å². The summed E-state index contributed by atoms with van der Waals surface area (Å²) in [5.74, 6) is 0.322. The van der Waals surface area contributed by atoms with E-state index >= 15 is 0 Å². The fourth-order valence-corrected chi connectivity index (χ4v) is 2.65. The number of para-hydroxylation sites is 1. The van der Waals surface area contributed by atoms with Crippen LogP contribution in [0.25, 0.3) is 0 Å². The molecular formula is C20H19ClN4O. The van der Waals surface area contributed by atoms with Crippen LogP contribution in [0.4, 0.5) is 11.5 Å². The van der Waals surface area contributed by atoms with E-state index in [1.165, 1.54) is 6.20 Å². The number of anilines is 2. The van der Waals surface area contributed by atoms with Gasteiger partial charge in [0.2, 0.25) is 0 Å². The van der Waals surface area contributed by atoms with Gasteiger partial charge in [0.15, 0.2) is 0 Å². The summed E-state index contributed by atoms with van der Waals surface area (Å²) in [6.45, 7) is 4.51. The topological polar surface area (TPSA) is 66.9 Å². The van der Waals surface area contributed by atoms with Crippen molar-refractivity contribution in [3.05, 3.63) is 82.3 Å². The van der Waals surface area contributed by atoms with E-state index < -0.39 is 0 Å². The Labute approximate surface area is 157 Å². The molecule has 0 saturated carbocycles. The molecular weight excluding hydrogens is 348 g/mol. The number of hydrogen-bond acceptors (Lipinski definition) is 4. The van der Waals surface area contributed by atoms with Crippen molar-refractivity contribution in [2.45, 2.75) is 20.4 Å². The molecule has 0 atom stereocenters. The molecule has 1 amide bonds. The van der Waals surface area contributed by atoms with Crippen molar-refractivity contribution in [2.75, 3.05) is 10.6 Å². The van der Waals surface area contributed by atoms with Crippen LogP contribution in [0.15, 0.2) is 54.9 Å². The van der Waals surface area contributed by atoms with Gasteiger partial charge in [-0.15, -0.1) is 0 Å². The number of carbonyl (C=O) groups excluding carboxylic acids is 1. The van der Waals surface area contributed by atoms with Gasteiger partial charge in [-0.25, -0.2) is 9.97 Å². The van der Waals surface area contributed by atoms with Crippen molar-refractivity contribution in [3.8, 4) is 0 Å². The Morgan fingerprint density at radius 1 is 1.00 bits per heavy atom. The van der Waals surface area contributed by atoms with Crippen LogP contribution in [0.2, 0.25) is 5.02 Å². The second-order valence-corrected chi connectivity index (χ2v) is 6.42. The molecule has 3 aromatic rings. The van der Waals surface area contributed by atoms with Crippen LogP contribution in [0.5, 0.6) is 0 Å². The second-order valence-electron chi connectivity index (χ2n) is 5.99. The minimum absolute atomic E-state index is 0.268. The first kappa shape index (κ1) is 17.9. The Balaban J connectivity index is 1.63. The van der Waals surface area contributed by atoms with Crippen molar-refractivity contribution in [2.24, 2.45) is 0 Å². The third-order valence-electron chi connectivity index (χ3n) is 3.99. The van der Waals surface area contributed by atoms with Crippen molar-refractivity contribution in [1.82, 2.24) is 9.97 Å². The number of halogens is 1. The van der Waals surface area contributed by atoms with E-state index in [1.54, 1.807) is 6.20 Å². The van der Waals surface area contributed by atoms with Gasteiger partial charge in [0, 0.05) is 17.3 Å². The lowest BCUT2D eigenvalue weighted by Gasteiger charge is -2.11. The first-order chi connectivity index (χ1) is 12.5. The van der Waals surface area contributed by atoms with Crippen LogP contribution in [0.1, 0.15) is 27.2 Å². The van der Waals surface area contributed by atoms with Crippen LogP contribution >= 0.6 is 11.6 Å². The van der Waals surface area contributed by atoms with Crippen LogP contribution in [0.3, 0.4) is 0 Å². The third kappa shape index (κ3) is 4.37. The predicted octanol–water partition coefficient (Wildman–Crippen LogP) is 4.61. The van der Waals surface area contributed by atoms with Crippen LogP contribution < -0.4 is 10.6 Å². The van der Waals surface area contributed by atoms with Crippen molar-refractivity contribution in [1.29, 1.82) is 0 Å². The largest absolute Gasteiger partial charge is 0.365 e. The summed E-state index contributed by atoms with van der Waals surface area (Å²) in [6, 6.07) is 13.4. The van der Waals surface area contributed by atoms with Gasteiger partial charge in [0.05, 0.1) is 12.4 Å². The molecule has 0 spiro atoms. The molecule has 0 aliphatic heterocycles. The monoisotopic (exact) mass is 366 g/mol. The zero-order valence-electron chi connectivity index (χ0n) is 14.6. The van der Waals surface area contributed by atoms with Gasteiger partial charge in [-0.2, -0.15) is 0 Å². The predicted molar refractivity (Wildman–Crippen MR) is 105 cm³/mol. The highest BCUT2D eigenvalue weighted by molar-refractivity contribution is 6.30. The summed E-state index contributed by atoms with van der Waals surface area (Å²) >= 11 is 5.87. The minimum atomic E-state index is -0.279. The molecule has 2 aromatic carbocycles. The molecule has 0 unspecified atom stereocenters.